The number of carbonyl (C=O) groups is 4. The van der Waals surface area contributed by atoms with Crippen LogP contribution in [0.25, 0.3) is 33.4 Å². The van der Waals surface area contributed by atoms with Crippen molar-refractivity contribution in [1.29, 1.82) is 0 Å². The normalized spacial score (nSPS) is 19.7. The van der Waals surface area contributed by atoms with Crippen LogP contribution in [-0.2, 0) is 38.1 Å². The van der Waals surface area contributed by atoms with E-state index in [9.17, 15) is 19.2 Å². The fourth-order valence-corrected chi connectivity index (χ4v) is 12.4. The van der Waals surface area contributed by atoms with Crippen LogP contribution in [0.15, 0.2) is 102 Å². The lowest BCUT2D eigenvalue weighted by molar-refractivity contribution is -0.160. The minimum absolute atomic E-state index is 0.0110. The summed E-state index contributed by atoms with van der Waals surface area (Å²) in [6, 6.07) is 30.8. The average molecular weight is 956 g/mol. The molecule has 6 aliphatic carbocycles. The van der Waals surface area contributed by atoms with Crippen LogP contribution in [0.3, 0.4) is 0 Å². The summed E-state index contributed by atoms with van der Waals surface area (Å²) >= 11 is 0. The molecule has 14 rings (SSSR count). The molecule has 0 spiro atoms. The molecule has 0 saturated carbocycles. The Morgan fingerprint density at radius 3 is 1.46 bits per heavy atom. The van der Waals surface area contributed by atoms with Gasteiger partial charge in [0.25, 0.3) is 24.8 Å². The van der Waals surface area contributed by atoms with Gasteiger partial charge in [0.05, 0.1) is 37.4 Å². The van der Waals surface area contributed by atoms with Gasteiger partial charge < -0.3 is 18.9 Å². The number of benzene rings is 5. The zero-order valence-electron chi connectivity index (χ0n) is 40.1. The van der Waals surface area contributed by atoms with Gasteiger partial charge in [0, 0.05) is 40.6 Å². The monoisotopic (exact) mass is 955 g/mol. The highest BCUT2D eigenvalue weighted by Gasteiger charge is 2.56. The molecule has 0 saturated heterocycles. The summed E-state index contributed by atoms with van der Waals surface area (Å²) in [5.74, 6) is 3.32. The standard InChI is InChI=1S/C57H45N7O8/c1-28-17-30(3)63(61-28)56-58-47(59-57(60-56)64-31(4)18-29(2)62-64)16-15-34-39-22-43-41(48-35-11-7-8-12-36(35)49(43)46(25-72-27-66)45(48)24-71-26-65)20-32(39)19-33-21-42-44(23-40(33)34)51-38-14-10-9-13-37(38)50(42)52(54(67)69-5)53(51)55(68)70-6/h7-14,17-23,26-27,48-53H,24-25H2,1-6H3. The van der Waals surface area contributed by atoms with E-state index in [-0.39, 0.29) is 42.8 Å². The van der Waals surface area contributed by atoms with Gasteiger partial charge in [-0.3, -0.25) is 19.2 Å². The molecule has 0 radical (unpaired) electrons. The predicted molar refractivity (Wildman–Crippen MR) is 263 cm³/mol. The minimum Gasteiger partial charge on any atom is -0.469 e. The number of rotatable bonds is 10. The Bertz CT molecular complexity index is 3720. The molecular formula is C57H45N7O8. The van der Waals surface area contributed by atoms with Crippen molar-refractivity contribution in [2.75, 3.05) is 27.4 Å². The topological polar surface area (TPSA) is 180 Å². The summed E-state index contributed by atoms with van der Waals surface area (Å²) < 4.78 is 25.2. The van der Waals surface area contributed by atoms with Crippen LogP contribution in [0, 0.1) is 51.4 Å². The lowest BCUT2D eigenvalue weighted by Gasteiger charge is -2.48. The molecule has 4 bridgehead atoms. The molecule has 6 aliphatic rings. The van der Waals surface area contributed by atoms with Gasteiger partial charge in [-0.2, -0.15) is 25.1 Å². The lowest BCUT2D eigenvalue weighted by atomic mass is 9.54. The van der Waals surface area contributed by atoms with Crippen molar-refractivity contribution in [2.24, 2.45) is 11.8 Å². The third kappa shape index (κ3) is 6.69. The number of fused-ring (bicyclic) bond motifs is 3. The maximum atomic E-state index is 14.0. The van der Waals surface area contributed by atoms with Crippen molar-refractivity contribution in [2.45, 2.75) is 51.4 Å². The first-order chi connectivity index (χ1) is 35.0. The molecule has 72 heavy (non-hydrogen) atoms. The summed E-state index contributed by atoms with van der Waals surface area (Å²) in [4.78, 5) is 66.0. The summed E-state index contributed by atoms with van der Waals surface area (Å²) in [6.45, 7) is 8.58. The Hall–Kier alpha value is -8.77. The van der Waals surface area contributed by atoms with Gasteiger partial charge in [-0.25, -0.2) is 9.36 Å². The molecule has 8 aromatic rings. The third-order valence-electron chi connectivity index (χ3n) is 15.0. The molecule has 0 aliphatic heterocycles. The van der Waals surface area contributed by atoms with Crippen molar-refractivity contribution in [3.05, 3.63) is 181 Å². The Kier molecular flexibility index (Phi) is 10.5. The Morgan fingerprint density at radius 1 is 0.556 bits per heavy atom. The van der Waals surface area contributed by atoms with Crippen LogP contribution in [-0.4, -0.2) is 86.8 Å². The van der Waals surface area contributed by atoms with E-state index in [1.807, 2.05) is 76.2 Å². The molecule has 0 amide bonds. The Morgan fingerprint density at radius 2 is 1.00 bits per heavy atom. The van der Waals surface area contributed by atoms with Gasteiger partial charge in [0.15, 0.2) is 0 Å². The quantitative estimate of drug-likeness (QED) is 0.0327. The van der Waals surface area contributed by atoms with Gasteiger partial charge in [0.2, 0.25) is 5.82 Å². The first-order valence-corrected chi connectivity index (χ1v) is 23.6. The number of carbonyl (C=O) groups excluding carboxylic acids is 4. The van der Waals surface area contributed by atoms with Gasteiger partial charge in [-0.05, 0) is 147 Å². The molecule has 3 aromatic heterocycles. The maximum absolute atomic E-state index is 14.0. The molecule has 15 heteroatoms. The summed E-state index contributed by atoms with van der Waals surface area (Å²) in [5.41, 5.74) is 13.5. The second-order valence-electron chi connectivity index (χ2n) is 18.9. The van der Waals surface area contributed by atoms with Crippen LogP contribution < -0.4 is 0 Å². The van der Waals surface area contributed by atoms with Crippen LogP contribution in [0.5, 0.6) is 0 Å². The first kappa shape index (κ1) is 44.4. The lowest BCUT2D eigenvalue weighted by Crippen LogP contribution is -2.47. The number of hydrogen-bond acceptors (Lipinski definition) is 13. The maximum Gasteiger partial charge on any atom is 0.310 e. The molecule has 6 unspecified atom stereocenters. The van der Waals surface area contributed by atoms with E-state index < -0.39 is 35.6 Å². The van der Waals surface area contributed by atoms with Crippen molar-refractivity contribution < 1.29 is 38.1 Å². The van der Waals surface area contributed by atoms with Crippen molar-refractivity contribution in [1.82, 2.24) is 34.5 Å². The number of nitrogens with zero attached hydrogens (tertiary/aromatic N) is 7. The molecule has 0 fully saturated rings. The molecule has 3 heterocycles. The number of aromatic nitrogens is 7. The summed E-state index contributed by atoms with van der Waals surface area (Å²) in [7, 11) is 2.70. The zero-order valence-corrected chi connectivity index (χ0v) is 40.1. The van der Waals surface area contributed by atoms with Gasteiger partial charge >= 0.3 is 11.9 Å². The summed E-state index contributed by atoms with van der Waals surface area (Å²) in [5, 5.41) is 12.8. The molecule has 15 nitrogen and oxygen atoms in total. The van der Waals surface area contributed by atoms with Crippen LogP contribution in [0.1, 0.15) is 102 Å². The first-order valence-electron chi connectivity index (χ1n) is 23.6. The largest absolute Gasteiger partial charge is 0.469 e. The molecule has 0 N–H and O–H groups in total. The molecule has 5 aromatic carbocycles. The van der Waals surface area contributed by atoms with Crippen molar-refractivity contribution >= 4 is 46.4 Å². The number of esters is 2. The number of methoxy groups -OCH3 is 2. The molecular weight excluding hydrogens is 911 g/mol. The van der Waals surface area contributed by atoms with Crippen molar-refractivity contribution in [3.8, 4) is 23.7 Å². The van der Waals surface area contributed by atoms with E-state index in [1.165, 1.54) is 14.2 Å². The van der Waals surface area contributed by atoms with Gasteiger partial charge in [-0.1, -0.05) is 60.5 Å². The van der Waals surface area contributed by atoms with E-state index in [2.05, 4.69) is 54.3 Å². The predicted octanol–water partition coefficient (Wildman–Crippen LogP) is 7.59. The average Bonchev–Trinajstić information content (AvgIpc) is 3.93. The third-order valence-corrected chi connectivity index (χ3v) is 15.0. The number of aryl methyl sites for hydroxylation is 4. The fraction of sp³-hybridized carbons (Fsp3) is 0.246. The van der Waals surface area contributed by atoms with E-state index in [0.717, 1.165) is 100.0 Å². The second kappa shape index (κ2) is 17.0. The van der Waals surface area contributed by atoms with Crippen molar-refractivity contribution in [3.63, 3.8) is 0 Å². The highest BCUT2D eigenvalue weighted by Crippen LogP contribution is 2.61. The van der Waals surface area contributed by atoms with E-state index in [1.54, 1.807) is 9.36 Å². The van der Waals surface area contributed by atoms with Crippen LogP contribution in [0.2, 0.25) is 0 Å². The molecule has 356 valence electrons. The minimum atomic E-state index is -0.855. The van der Waals surface area contributed by atoms with Crippen LogP contribution in [0.4, 0.5) is 0 Å². The van der Waals surface area contributed by atoms with E-state index in [0.29, 0.717) is 18.5 Å². The number of hydrogen-bond donors (Lipinski definition) is 0. The number of ether oxygens (including phenoxy) is 4. The fourth-order valence-electron chi connectivity index (χ4n) is 12.4. The van der Waals surface area contributed by atoms with Gasteiger partial charge in [-0.15, -0.1) is 0 Å². The molecule has 6 atom stereocenters. The second-order valence-corrected chi connectivity index (χ2v) is 18.9. The van der Waals surface area contributed by atoms with Crippen LogP contribution >= 0.6 is 0 Å². The smallest absolute Gasteiger partial charge is 0.310 e. The van der Waals surface area contributed by atoms with E-state index in [4.69, 9.17) is 44.1 Å². The Labute approximate surface area is 412 Å². The summed E-state index contributed by atoms with van der Waals surface area (Å²) in [6.07, 6.45) is 0. The highest BCUT2D eigenvalue weighted by atomic mass is 16.5. The van der Waals surface area contributed by atoms with Gasteiger partial charge in [0.1, 0.15) is 13.2 Å². The van der Waals surface area contributed by atoms with E-state index >= 15 is 0 Å². The SMILES string of the molecule is COC(=O)C1C2c3ccccc3C(c3cc4c(C#Cc5nc(-n6nc(C)cc6C)nc(-n6nc(C)cc6C)n5)c5cc6c(cc5cc4cc32)C2C(COC=O)=C(COC=O)C6c3ccccc32)C1C(=O)OC. The Balaban J connectivity index is 1.15. The highest BCUT2D eigenvalue weighted by molar-refractivity contribution is 6.07. The zero-order chi connectivity index (χ0) is 49.7.